The number of cyclic esters (lactones) is 1. The van der Waals surface area contributed by atoms with E-state index in [0.717, 1.165) is 57.8 Å². The number of aryl methyl sites for hydroxylation is 1. The number of ether oxygens (including phenoxy) is 2. The van der Waals surface area contributed by atoms with E-state index in [1.54, 1.807) is 31.2 Å². The number of rotatable bonds is 10. The molecule has 4 aliphatic heterocycles. The van der Waals surface area contributed by atoms with Crippen LogP contribution in [0.4, 0.5) is 5.82 Å². The van der Waals surface area contributed by atoms with Crippen LogP contribution in [0, 0.1) is 17.3 Å². The molecule has 6 heterocycles. The molecule has 4 aromatic rings. The molecule has 72 heavy (non-hydrogen) atoms. The van der Waals surface area contributed by atoms with Crippen LogP contribution in [0.15, 0.2) is 67.4 Å². The third-order valence-corrected chi connectivity index (χ3v) is 14.1. The van der Waals surface area contributed by atoms with Gasteiger partial charge < -0.3 is 39.2 Å². The van der Waals surface area contributed by atoms with Crippen LogP contribution in [0.3, 0.4) is 0 Å². The van der Waals surface area contributed by atoms with Crippen molar-refractivity contribution in [2.24, 2.45) is 17.3 Å². The minimum Gasteiger partial charge on any atom is -0.508 e. The van der Waals surface area contributed by atoms with Crippen molar-refractivity contribution in [3.8, 4) is 28.1 Å². The number of nitrogens with zero attached hydrogens (tertiary/aromatic N) is 6. The van der Waals surface area contributed by atoms with Gasteiger partial charge in [-0.3, -0.25) is 29.0 Å². The van der Waals surface area contributed by atoms with Crippen molar-refractivity contribution in [1.29, 1.82) is 0 Å². The predicted molar refractivity (Wildman–Crippen MR) is 301 cm³/mol. The summed E-state index contributed by atoms with van der Waals surface area (Å²) in [6, 6.07) is 12.7. The Labute approximate surface area is 451 Å². The molecule has 0 spiro atoms. The van der Waals surface area contributed by atoms with Crippen LogP contribution >= 0.6 is 54.0 Å². The SMILES string of the molecule is C=CC(=O)N1CC[C@H](C(=O)N(C)[C@H](C(=O)N[C@H]2Cc3cc(O)cc(c3)-c3ccc4c(c3)c(c(-c3cccnc3N3CC(OC)C3)n4CC)CC(C)(C)COC(=O)[C@@H]3CCCN(N3)C2=O)C(C)C)C1.S.S.S.S. The molecule has 0 saturated carbocycles. The van der Waals surface area contributed by atoms with Crippen molar-refractivity contribution < 1.29 is 38.6 Å². The first-order valence-electron chi connectivity index (χ1n) is 23.9. The molecule has 20 heteroatoms. The summed E-state index contributed by atoms with van der Waals surface area (Å²) < 4.78 is 14.1. The number of fused-ring (bicyclic) bond motifs is 6. The summed E-state index contributed by atoms with van der Waals surface area (Å²) in [5.41, 5.74) is 8.88. The number of anilines is 1. The number of hydrogen-bond donors (Lipinski definition) is 3. The van der Waals surface area contributed by atoms with Gasteiger partial charge in [-0.25, -0.2) is 10.4 Å². The Bertz CT molecular complexity index is 2620. The smallest absolute Gasteiger partial charge is 0.324 e. The molecule has 2 aromatic heterocycles. The number of phenols is 1. The molecule has 3 fully saturated rings. The topological polar surface area (TPSA) is 179 Å². The van der Waals surface area contributed by atoms with Gasteiger partial charge in [-0.05, 0) is 103 Å². The van der Waals surface area contributed by atoms with Crippen molar-refractivity contribution in [2.45, 2.75) is 97.5 Å². The van der Waals surface area contributed by atoms with Crippen LogP contribution in [0.2, 0.25) is 0 Å². The van der Waals surface area contributed by atoms with E-state index >= 15 is 0 Å². The van der Waals surface area contributed by atoms with Gasteiger partial charge in [0.15, 0.2) is 0 Å². The van der Waals surface area contributed by atoms with Gasteiger partial charge >= 0.3 is 5.97 Å². The predicted octanol–water partition coefficient (Wildman–Crippen LogP) is 5.55. The number of amides is 4. The Balaban J connectivity index is 0.00000281. The molecule has 2 aromatic carbocycles. The molecule has 6 bridgehead atoms. The molecule has 394 valence electrons. The summed E-state index contributed by atoms with van der Waals surface area (Å²) in [6.07, 6.45) is 5.13. The summed E-state index contributed by atoms with van der Waals surface area (Å²) in [4.78, 5) is 79.7. The zero-order valence-corrected chi connectivity index (χ0v) is 46.4. The van der Waals surface area contributed by atoms with E-state index in [4.69, 9.17) is 14.5 Å². The molecule has 0 aliphatic carbocycles. The number of pyridine rings is 1. The highest BCUT2D eigenvalue weighted by Gasteiger charge is 2.40. The van der Waals surface area contributed by atoms with Crippen LogP contribution < -0.4 is 15.6 Å². The summed E-state index contributed by atoms with van der Waals surface area (Å²) in [7, 11) is 3.31. The van der Waals surface area contributed by atoms with Gasteiger partial charge in [0, 0.05) is 87.9 Å². The second kappa shape index (κ2) is 24.9. The number of likely N-dealkylation sites (tertiary alicyclic amines) is 1. The fraction of sp³-hybridized carbons (Fsp3) is 0.500. The lowest BCUT2D eigenvalue weighted by Crippen LogP contribution is -2.62. The Morgan fingerprint density at radius 1 is 1.03 bits per heavy atom. The minimum atomic E-state index is -1.16. The second-order valence-corrected chi connectivity index (χ2v) is 20.0. The molecule has 4 atom stereocenters. The number of benzene rings is 2. The van der Waals surface area contributed by atoms with Gasteiger partial charge in [-0.1, -0.05) is 46.4 Å². The highest BCUT2D eigenvalue weighted by molar-refractivity contribution is 7.59. The van der Waals surface area contributed by atoms with Crippen LogP contribution in [0.1, 0.15) is 65.0 Å². The normalized spacial score (nSPS) is 20.3. The number of esters is 1. The quantitative estimate of drug-likeness (QED) is 0.134. The number of aromatic nitrogens is 2. The number of hydrogen-bond acceptors (Lipinski definition) is 11. The molecule has 0 radical (unpaired) electrons. The molecule has 4 aliphatic rings. The van der Waals surface area contributed by atoms with Gasteiger partial charge in [0.1, 0.15) is 29.7 Å². The number of nitrogens with one attached hydrogen (secondary N) is 2. The number of carbonyl (C=O) groups excluding carboxylic acids is 5. The molecule has 0 unspecified atom stereocenters. The Kier molecular flexibility index (Phi) is 20.7. The molecular weight excluding hydrogens is 993 g/mol. The monoisotopic (exact) mass is 1070 g/mol. The molecule has 16 nitrogen and oxygen atoms in total. The number of likely N-dealkylation sites (N-methyl/N-ethyl adjacent to an activating group) is 1. The van der Waals surface area contributed by atoms with Crippen molar-refractivity contribution in [1.82, 2.24) is 35.1 Å². The van der Waals surface area contributed by atoms with Gasteiger partial charge in [-0.2, -0.15) is 54.0 Å². The Morgan fingerprint density at radius 3 is 2.44 bits per heavy atom. The average molecular weight is 1070 g/mol. The summed E-state index contributed by atoms with van der Waals surface area (Å²) in [5, 5.41) is 16.8. The largest absolute Gasteiger partial charge is 0.508 e. The van der Waals surface area contributed by atoms with Crippen molar-refractivity contribution in [2.75, 3.05) is 58.4 Å². The Morgan fingerprint density at radius 2 is 1.76 bits per heavy atom. The van der Waals surface area contributed by atoms with Gasteiger partial charge in [0.25, 0.3) is 5.91 Å². The van der Waals surface area contributed by atoms with Crippen LogP contribution in [0.25, 0.3) is 33.3 Å². The lowest BCUT2D eigenvalue weighted by molar-refractivity contribution is -0.155. The third-order valence-electron chi connectivity index (χ3n) is 14.1. The van der Waals surface area contributed by atoms with Crippen LogP contribution in [0.5, 0.6) is 5.75 Å². The second-order valence-electron chi connectivity index (χ2n) is 20.0. The third kappa shape index (κ3) is 12.4. The van der Waals surface area contributed by atoms with Gasteiger partial charge in [0.05, 0.1) is 24.3 Å². The highest BCUT2D eigenvalue weighted by atomic mass is 32.1. The molecule has 8 rings (SSSR count). The number of hydrazine groups is 1. The van der Waals surface area contributed by atoms with Crippen LogP contribution in [-0.4, -0.2) is 137 Å². The van der Waals surface area contributed by atoms with E-state index in [1.165, 1.54) is 16.0 Å². The van der Waals surface area contributed by atoms with E-state index in [0.29, 0.717) is 44.3 Å². The van der Waals surface area contributed by atoms with Crippen molar-refractivity contribution >= 4 is 100 Å². The summed E-state index contributed by atoms with van der Waals surface area (Å²) in [5.74, 6) is -1.97. The molecule has 3 saturated heterocycles. The lowest BCUT2D eigenvalue weighted by atomic mass is 9.84. The van der Waals surface area contributed by atoms with Crippen LogP contribution in [-0.2, 0) is 52.8 Å². The van der Waals surface area contributed by atoms with E-state index in [1.807, 2.05) is 38.2 Å². The van der Waals surface area contributed by atoms with E-state index in [9.17, 15) is 29.1 Å². The molecule has 3 N–H and O–H groups in total. The van der Waals surface area contributed by atoms with E-state index in [2.05, 4.69) is 65.8 Å². The standard InChI is InChI=1S/C52H66N8O8.4H2S/c1-9-44(62)57-20-17-34(27-57)49(64)56(7)45(31(3)4)48(63)54-42-23-32-21-35(24-36(61)22-32)33-15-16-43-39(25-33)40(26-52(5,6)30-68-51(66)41-14-12-19-60(55-41)50(42)65)46(59(43)10-2)38-13-11-18-53-47(38)58-28-37(29-58)67-8;;;;/h9,11,13,15-16,18,21-22,24-25,31,34,37,41-42,45,55,61H,1,10,12,14,17,19-20,23,26-30H2,2-8H3,(H,54,63);4*1H2/t34-,41-,42-,45-;;;;/m0..../s1. The highest BCUT2D eigenvalue weighted by Crippen LogP contribution is 2.43. The summed E-state index contributed by atoms with van der Waals surface area (Å²) >= 11 is 0. The Hall–Kier alpha value is -4.86. The first-order chi connectivity index (χ1) is 32.5. The maximum absolute atomic E-state index is 14.7. The van der Waals surface area contributed by atoms with Gasteiger partial charge in [-0.15, -0.1) is 0 Å². The van der Waals surface area contributed by atoms with Crippen molar-refractivity contribution in [3.05, 3.63) is 78.5 Å². The molecular formula is C52H74N8O8S4. The number of aromatic hydroxyl groups is 1. The zero-order valence-electron chi connectivity index (χ0n) is 42.4. The van der Waals surface area contributed by atoms with E-state index < -0.39 is 47.2 Å². The summed E-state index contributed by atoms with van der Waals surface area (Å²) in [6.45, 7) is 16.7. The minimum absolute atomic E-state index is 0. The maximum atomic E-state index is 14.7. The lowest BCUT2D eigenvalue weighted by Gasteiger charge is -2.40. The number of phenolic OH excluding ortho intramolecular Hbond substituents is 1. The first-order valence-corrected chi connectivity index (χ1v) is 23.9. The zero-order chi connectivity index (χ0) is 48.6. The first kappa shape index (κ1) is 59.7. The van der Waals surface area contributed by atoms with Crippen molar-refractivity contribution in [3.63, 3.8) is 0 Å². The fourth-order valence-electron chi connectivity index (χ4n) is 10.5. The van der Waals surface area contributed by atoms with Gasteiger partial charge in [0.2, 0.25) is 17.7 Å². The average Bonchev–Trinajstić information content (AvgIpc) is 3.92. The molecule has 4 amide bonds. The number of methoxy groups -OCH3 is 1. The maximum Gasteiger partial charge on any atom is 0.324 e. The fourth-order valence-corrected chi connectivity index (χ4v) is 10.5. The van der Waals surface area contributed by atoms with E-state index in [-0.39, 0.29) is 110 Å². The number of carbonyl (C=O) groups is 5.